The largest absolute Gasteiger partial charge is 0.330 e. The number of hydrogen-bond acceptors (Lipinski definition) is 1. The van der Waals surface area contributed by atoms with Crippen LogP contribution in [0.5, 0.6) is 0 Å². The first-order chi connectivity index (χ1) is 7.85. The first-order valence-corrected chi connectivity index (χ1v) is 6.59. The lowest BCUT2D eigenvalue weighted by molar-refractivity contribution is 0.252. The van der Waals surface area contributed by atoms with E-state index >= 15 is 0 Å². The molecule has 1 aliphatic carbocycles. The Labute approximate surface area is 99.0 Å². The second-order valence-electron chi connectivity index (χ2n) is 5.28. The first kappa shape index (κ1) is 11.7. The van der Waals surface area contributed by atoms with Crippen molar-refractivity contribution < 1.29 is 0 Å². The summed E-state index contributed by atoms with van der Waals surface area (Å²) in [6, 6.07) is 10.8. The van der Waals surface area contributed by atoms with Gasteiger partial charge in [0.2, 0.25) is 0 Å². The maximum absolute atomic E-state index is 6.06. The molecule has 1 heteroatoms. The van der Waals surface area contributed by atoms with Gasteiger partial charge in [0.15, 0.2) is 0 Å². The molecule has 88 valence electrons. The van der Waals surface area contributed by atoms with Gasteiger partial charge >= 0.3 is 0 Å². The summed E-state index contributed by atoms with van der Waals surface area (Å²) in [7, 11) is 0. The fraction of sp³-hybridized carbons (Fsp3) is 0.600. The van der Waals surface area contributed by atoms with E-state index in [2.05, 4.69) is 30.3 Å². The van der Waals surface area contributed by atoms with E-state index in [1.807, 2.05) is 0 Å². The molecular formula is C15H23N. The molecule has 2 N–H and O–H groups in total. The number of rotatable bonds is 3. The molecule has 0 spiro atoms. The maximum atomic E-state index is 6.06. The minimum absolute atomic E-state index is 0.387. The average molecular weight is 217 g/mol. The Morgan fingerprint density at radius 2 is 1.56 bits per heavy atom. The molecule has 0 aromatic heterocycles. The van der Waals surface area contributed by atoms with Crippen LogP contribution in [0.4, 0.5) is 0 Å². The van der Waals surface area contributed by atoms with Crippen molar-refractivity contribution in [1.82, 2.24) is 0 Å². The van der Waals surface area contributed by atoms with Crippen molar-refractivity contribution >= 4 is 0 Å². The van der Waals surface area contributed by atoms with Gasteiger partial charge < -0.3 is 5.73 Å². The van der Waals surface area contributed by atoms with Crippen LogP contribution in [-0.2, 0) is 6.42 Å². The lowest BCUT2D eigenvalue weighted by Crippen LogP contribution is -2.32. The standard InChI is InChI=1S/C15H23N/c16-13-15(10-6-1-2-7-11-15)12-14-8-4-3-5-9-14/h3-5,8-9H,1-2,6-7,10-13,16H2. The molecule has 1 saturated carbocycles. The van der Waals surface area contributed by atoms with Crippen LogP contribution in [0.1, 0.15) is 44.1 Å². The van der Waals surface area contributed by atoms with Gasteiger partial charge in [-0.3, -0.25) is 0 Å². The summed E-state index contributed by atoms with van der Waals surface area (Å²) in [6.45, 7) is 0.849. The highest BCUT2D eigenvalue weighted by atomic mass is 14.6. The van der Waals surface area contributed by atoms with Crippen LogP contribution in [-0.4, -0.2) is 6.54 Å². The topological polar surface area (TPSA) is 26.0 Å². The van der Waals surface area contributed by atoms with Gasteiger partial charge in [0.25, 0.3) is 0 Å². The van der Waals surface area contributed by atoms with Crippen molar-refractivity contribution in [3.63, 3.8) is 0 Å². The summed E-state index contributed by atoms with van der Waals surface area (Å²) in [5, 5.41) is 0. The van der Waals surface area contributed by atoms with Gasteiger partial charge in [-0.15, -0.1) is 0 Å². The summed E-state index contributed by atoms with van der Waals surface area (Å²) in [6.07, 6.45) is 9.34. The minimum atomic E-state index is 0.387. The lowest BCUT2D eigenvalue weighted by atomic mass is 9.75. The van der Waals surface area contributed by atoms with E-state index in [4.69, 9.17) is 5.73 Å². The molecule has 1 aromatic carbocycles. The van der Waals surface area contributed by atoms with Gasteiger partial charge in [-0.2, -0.15) is 0 Å². The van der Waals surface area contributed by atoms with Crippen LogP contribution in [0.2, 0.25) is 0 Å². The molecule has 1 fully saturated rings. The molecule has 2 rings (SSSR count). The first-order valence-electron chi connectivity index (χ1n) is 6.59. The zero-order valence-corrected chi connectivity index (χ0v) is 10.1. The SMILES string of the molecule is NCC1(Cc2ccccc2)CCCCCC1. The van der Waals surface area contributed by atoms with Crippen LogP contribution >= 0.6 is 0 Å². The third kappa shape index (κ3) is 2.85. The summed E-state index contributed by atoms with van der Waals surface area (Å²) in [5.41, 5.74) is 7.90. The van der Waals surface area contributed by atoms with Crippen LogP contribution in [0, 0.1) is 5.41 Å². The van der Waals surface area contributed by atoms with Crippen LogP contribution < -0.4 is 5.73 Å². The van der Waals surface area contributed by atoms with E-state index in [0.29, 0.717) is 5.41 Å². The van der Waals surface area contributed by atoms with Crippen molar-refractivity contribution in [2.75, 3.05) is 6.54 Å². The second kappa shape index (κ2) is 5.49. The highest BCUT2D eigenvalue weighted by molar-refractivity contribution is 5.16. The van der Waals surface area contributed by atoms with Crippen LogP contribution in [0.15, 0.2) is 30.3 Å². The average Bonchev–Trinajstić information content (AvgIpc) is 2.57. The molecule has 16 heavy (non-hydrogen) atoms. The van der Waals surface area contributed by atoms with Gasteiger partial charge in [0.05, 0.1) is 0 Å². The van der Waals surface area contributed by atoms with Crippen molar-refractivity contribution in [2.45, 2.75) is 44.9 Å². The molecule has 1 aliphatic rings. The summed E-state index contributed by atoms with van der Waals surface area (Å²) < 4.78 is 0. The van der Waals surface area contributed by atoms with E-state index in [1.165, 1.54) is 50.5 Å². The van der Waals surface area contributed by atoms with E-state index in [1.54, 1.807) is 0 Å². The molecule has 0 bridgehead atoms. The molecular weight excluding hydrogens is 194 g/mol. The van der Waals surface area contributed by atoms with Gasteiger partial charge in [-0.25, -0.2) is 0 Å². The van der Waals surface area contributed by atoms with E-state index < -0.39 is 0 Å². The Morgan fingerprint density at radius 1 is 0.938 bits per heavy atom. The molecule has 1 nitrogen and oxygen atoms in total. The van der Waals surface area contributed by atoms with Gasteiger partial charge in [-0.1, -0.05) is 56.0 Å². The highest BCUT2D eigenvalue weighted by Gasteiger charge is 2.29. The minimum Gasteiger partial charge on any atom is -0.330 e. The molecule has 0 radical (unpaired) electrons. The molecule has 0 unspecified atom stereocenters. The van der Waals surface area contributed by atoms with Crippen molar-refractivity contribution in [3.05, 3.63) is 35.9 Å². The third-order valence-corrected chi connectivity index (χ3v) is 4.02. The molecule has 0 saturated heterocycles. The monoisotopic (exact) mass is 217 g/mol. The Bertz CT molecular complexity index is 296. The Hall–Kier alpha value is -0.820. The summed E-state index contributed by atoms with van der Waals surface area (Å²) >= 11 is 0. The summed E-state index contributed by atoms with van der Waals surface area (Å²) in [4.78, 5) is 0. The zero-order valence-electron chi connectivity index (χ0n) is 10.1. The molecule has 0 aliphatic heterocycles. The number of hydrogen-bond donors (Lipinski definition) is 1. The van der Waals surface area contributed by atoms with Gasteiger partial charge in [0, 0.05) is 0 Å². The van der Waals surface area contributed by atoms with E-state index in [9.17, 15) is 0 Å². The van der Waals surface area contributed by atoms with Crippen molar-refractivity contribution in [2.24, 2.45) is 11.1 Å². The molecule has 0 amide bonds. The summed E-state index contributed by atoms with van der Waals surface area (Å²) in [5.74, 6) is 0. The van der Waals surface area contributed by atoms with Gasteiger partial charge in [-0.05, 0) is 36.8 Å². The van der Waals surface area contributed by atoms with E-state index in [-0.39, 0.29) is 0 Å². The Balaban J connectivity index is 2.08. The Morgan fingerprint density at radius 3 is 2.12 bits per heavy atom. The zero-order chi connectivity index (χ0) is 11.3. The predicted octanol–water partition coefficient (Wildman–Crippen LogP) is 3.53. The van der Waals surface area contributed by atoms with E-state index in [0.717, 1.165) is 6.54 Å². The third-order valence-electron chi connectivity index (χ3n) is 4.02. The van der Waals surface area contributed by atoms with Crippen molar-refractivity contribution in [1.29, 1.82) is 0 Å². The van der Waals surface area contributed by atoms with Gasteiger partial charge in [0.1, 0.15) is 0 Å². The molecule has 0 heterocycles. The Kier molecular flexibility index (Phi) is 4.00. The normalized spacial score (nSPS) is 20.3. The number of nitrogens with two attached hydrogens (primary N) is 1. The predicted molar refractivity (Wildman–Crippen MR) is 69.3 cm³/mol. The van der Waals surface area contributed by atoms with Crippen LogP contribution in [0.3, 0.4) is 0 Å². The highest BCUT2D eigenvalue weighted by Crippen LogP contribution is 2.37. The van der Waals surface area contributed by atoms with Crippen LogP contribution in [0.25, 0.3) is 0 Å². The quantitative estimate of drug-likeness (QED) is 0.770. The number of benzene rings is 1. The molecule has 1 aromatic rings. The second-order valence-corrected chi connectivity index (χ2v) is 5.28. The van der Waals surface area contributed by atoms with Crippen molar-refractivity contribution in [3.8, 4) is 0 Å². The lowest BCUT2D eigenvalue weighted by Gasteiger charge is -2.31. The molecule has 0 atom stereocenters. The fourth-order valence-corrected chi connectivity index (χ4v) is 2.96. The smallest absolute Gasteiger partial charge is 0.00173 e. The maximum Gasteiger partial charge on any atom is -0.00173 e. The fourth-order valence-electron chi connectivity index (χ4n) is 2.96.